The lowest BCUT2D eigenvalue weighted by molar-refractivity contribution is 0.0522. The first-order chi connectivity index (χ1) is 6.80. The van der Waals surface area contributed by atoms with Crippen molar-refractivity contribution in [3.8, 4) is 0 Å². The first kappa shape index (κ1) is 7.92. The molecule has 76 valence electrons. The first-order valence-corrected chi connectivity index (χ1v) is 6.22. The zero-order valence-electron chi connectivity index (χ0n) is 8.95. The van der Waals surface area contributed by atoms with Crippen LogP contribution in [0.3, 0.4) is 0 Å². The van der Waals surface area contributed by atoms with Gasteiger partial charge in [0.05, 0.1) is 0 Å². The maximum Gasteiger partial charge on any atom is 0.0313 e. The van der Waals surface area contributed by atoms with Gasteiger partial charge in [0.1, 0.15) is 0 Å². The van der Waals surface area contributed by atoms with E-state index in [1.807, 2.05) is 0 Å². The van der Waals surface area contributed by atoms with Gasteiger partial charge < -0.3 is 0 Å². The molecule has 0 radical (unpaired) electrons. The summed E-state index contributed by atoms with van der Waals surface area (Å²) in [6, 6.07) is 1.77. The van der Waals surface area contributed by atoms with E-state index < -0.39 is 0 Å². The molecule has 1 heteroatoms. The topological polar surface area (TPSA) is 3.24 Å². The van der Waals surface area contributed by atoms with E-state index in [1.54, 1.807) is 0 Å². The van der Waals surface area contributed by atoms with E-state index in [0.717, 1.165) is 23.9 Å². The molecule has 0 aromatic carbocycles. The Morgan fingerprint density at radius 3 is 3.21 bits per heavy atom. The number of fused-ring (bicyclic) bond motifs is 1. The van der Waals surface area contributed by atoms with Gasteiger partial charge in [-0.1, -0.05) is 25.5 Å². The molecule has 1 nitrogen and oxygen atoms in total. The molecule has 4 aliphatic rings. The van der Waals surface area contributed by atoms with Crippen LogP contribution in [-0.2, 0) is 0 Å². The molecule has 0 N–H and O–H groups in total. The molecule has 1 unspecified atom stereocenters. The normalized spacial score (nSPS) is 63.4. The fourth-order valence-corrected chi connectivity index (χ4v) is 5.13. The molecule has 3 heterocycles. The maximum absolute atomic E-state index is 2.83. The molecule has 0 spiro atoms. The fraction of sp³-hybridized carbons (Fsp3) is 0.846. The molecule has 3 fully saturated rings. The lowest BCUT2D eigenvalue weighted by Crippen LogP contribution is -2.46. The minimum absolute atomic E-state index is 0.691. The van der Waals surface area contributed by atoms with E-state index in [2.05, 4.69) is 24.0 Å². The van der Waals surface area contributed by atoms with E-state index in [9.17, 15) is 0 Å². The summed E-state index contributed by atoms with van der Waals surface area (Å²) in [6.45, 7) is 3.95. The summed E-state index contributed by atoms with van der Waals surface area (Å²) < 4.78 is 0. The Hall–Kier alpha value is -0.300. The van der Waals surface area contributed by atoms with Crippen LogP contribution < -0.4 is 0 Å². The molecule has 0 amide bonds. The Balaban J connectivity index is 1.84. The van der Waals surface area contributed by atoms with Crippen LogP contribution in [0.4, 0.5) is 0 Å². The Kier molecular flexibility index (Phi) is 1.28. The fourth-order valence-electron chi connectivity index (χ4n) is 5.13. The van der Waals surface area contributed by atoms with Crippen molar-refractivity contribution < 1.29 is 0 Å². The second-order valence-electron chi connectivity index (χ2n) is 6.13. The van der Waals surface area contributed by atoms with Crippen molar-refractivity contribution in [3.05, 3.63) is 12.2 Å². The number of hydrogen-bond donors (Lipinski definition) is 0. The predicted molar refractivity (Wildman–Crippen MR) is 57.0 cm³/mol. The lowest BCUT2D eigenvalue weighted by atomic mass is 9.61. The highest BCUT2D eigenvalue weighted by atomic mass is 15.3. The van der Waals surface area contributed by atoms with E-state index in [0.29, 0.717) is 5.41 Å². The minimum atomic E-state index is 0.691. The van der Waals surface area contributed by atoms with Crippen molar-refractivity contribution in [3.63, 3.8) is 0 Å². The van der Waals surface area contributed by atoms with Gasteiger partial charge in [0.2, 0.25) is 0 Å². The maximum atomic E-state index is 2.83. The van der Waals surface area contributed by atoms with Gasteiger partial charge >= 0.3 is 0 Å². The third-order valence-corrected chi connectivity index (χ3v) is 5.47. The lowest BCUT2D eigenvalue weighted by Gasteiger charge is -2.46. The smallest absolute Gasteiger partial charge is 0.0313 e. The summed E-state index contributed by atoms with van der Waals surface area (Å²) in [7, 11) is 0. The highest BCUT2D eigenvalue weighted by Crippen LogP contribution is 2.61. The molecule has 0 aromatic rings. The largest absolute Gasteiger partial charge is 0.293 e. The zero-order valence-corrected chi connectivity index (χ0v) is 8.95. The summed E-state index contributed by atoms with van der Waals surface area (Å²) in [5.74, 6) is 2.06. The average molecular weight is 189 g/mol. The standard InChI is InChI=1S/C13H19N/c1-13-7-3-4-9-10-5-2-6-11(12(9)13)14(10)8-13/h2,5,9-12H,3-4,6-8H2,1H3/t9-,10-,11+,12-,13+/m1/s1. The Bertz CT molecular complexity index is 308. The molecule has 1 saturated carbocycles. The Labute approximate surface area is 86.2 Å². The molecular formula is C13H19N. The second kappa shape index (κ2) is 2.27. The van der Waals surface area contributed by atoms with Crippen molar-refractivity contribution in [1.82, 2.24) is 4.90 Å². The molecular weight excluding hydrogens is 170 g/mol. The van der Waals surface area contributed by atoms with Gasteiger partial charge in [-0.15, -0.1) is 0 Å². The van der Waals surface area contributed by atoms with Crippen LogP contribution in [0.1, 0.15) is 32.6 Å². The third kappa shape index (κ3) is 0.701. The summed E-state index contributed by atoms with van der Waals surface area (Å²) in [5.41, 5.74) is 0.691. The van der Waals surface area contributed by atoms with E-state index in [4.69, 9.17) is 0 Å². The van der Waals surface area contributed by atoms with Crippen LogP contribution in [0.5, 0.6) is 0 Å². The molecule has 14 heavy (non-hydrogen) atoms. The van der Waals surface area contributed by atoms with Crippen LogP contribution in [0.2, 0.25) is 0 Å². The molecule has 0 aromatic heterocycles. The number of piperidine rings is 1. The van der Waals surface area contributed by atoms with E-state index in [1.165, 1.54) is 32.2 Å². The second-order valence-corrected chi connectivity index (χ2v) is 6.13. The summed E-state index contributed by atoms with van der Waals surface area (Å²) in [5, 5.41) is 0. The highest BCUT2D eigenvalue weighted by Gasteiger charge is 2.63. The monoisotopic (exact) mass is 189 g/mol. The minimum Gasteiger partial charge on any atom is -0.293 e. The quantitative estimate of drug-likeness (QED) is 0.529. The van der Waals surface area contributed by atoms with Gasteiger partial charge in [-0.3, -0.25) is 4.90 Å². The first-order valence-electron chi connectivity index (χ1n) is 6.22. The number of hydrogen-bond acceptors (Lipinski definition) is 1. The van der Waals surface area contributed by atoms with Gasteiger partial charge in [-0.25, -0.2) is 0 Å². The molecule has 4 rings (SSSR count). The van der Waals surface area contributed by atoms with Crippen molar-refractivity contribution in [1.29, 1.82) is 0 Å². The molecule has 3 aliphatic heterocycles. The predicted octanol–water partition coefficient (Wildman–Crippen LogP) is 2.44. The van der Waals surface area contributed by atoms with E-state index >= 15 is 0 Å². The van der Waals surface area contributed by atoms with Crippen LogP contribution in [0.15, 0.2) is 12.2 Å². The Morgan fingerprint density at radius 2 is 2.36 bits per heavy atom. The van der Waals surface area contributed by atoms with Gasteiger partial charge in [0, 0.05) is 18.6 Å². The van der Waals surface area contributed by atoms with Gasteiger partial charge in [0.25, 0.3) is 0 Å². The van der Waals surface area contributed by atoms with Crippen molar-refractivity contribution in [2.24, 2.45) is 17.3 Å². The zero-order chi connectivity index (χ0) is 9.34. The van der Waals surface area contributed by atoms with E-state index in [-0.39, 0.29) is 0 Å². The van der Waals surface area contributed by atoms with Crippen molar-refractivity contribution in [2.75, 3.05) is 6.54 Å². The molecule has 4 bridgehead atoms. The highest BCUT2D eigenvalue weighted by molar-refractivity contribution is 5.23. The van der Waals surface area contributed by atoms with Crippen molar-refractivity contribution >= 4 is 0 Å². The average Bonchev–Trinajstić information content (AvgIpc) is 2.51. The van der Waals surface area contributed by atoms with Gasteiger partial charge in [-0.2, -0.15) is 0 Å². The Morgan fingerprint density at radius 1 is 1.43 bits per heavy atom. The number of nitrogens with zero attached hydrogens (tertiary/aromatic N) is 1. The van der Waals surface area contributed by atoms with Crippen molar-refractivity contribution in [2.45, 2.75) is 44.7 Å². The summed E-state index contributed by atoms with van der Waals surface area (Å²) in [6.07, 6.45) is 10.8. The molecule has 1 aliphatic carbocycles. The molecule has 2 saturated heterocycles. The van der Waals surface area contributed by atoms with Crippen LogP contribution in [0, 0.1) is 17.3 Å². The third-order valence-electron chi connectivity index (χ3n) is 5.47. The molecule has 6 atom stereocenters. The summed E-state index contributed by atoms with van der Waals surface area (Å²) in [4.78, 5) is 2.83. The van der Waals surface area contributed by atoms with Crippen LogP contribution in [-0.4, -0.2) is 23.5 Å². The van der Waals surface area contributed by atoms with Gasteiger partial charge in [-0.05, 0) is 36.5 Å². The van der Waals surface area contributed by atoms with Gasteiger partial charge in [0.15, 0.2) is 0 Å². The summed E-state index contributed by atoms with van der Waals surface area (Å²) >= 11 is 0. The SMILES string of the molecule is C[C@@]12CCC[C@H]3[C@@H]1[C@@H]1CC=C[C@H]3N1C2. The van der Waals surface area contributed by atoms with Crippen LogP contribution >= 0.6 is 0 Å². The number of rotatable bonds is 0. The van der Waals surface area contributed by atoms with Crippen LogP contribution in [0.25, 0.3) is 0 Å².